The highest BCUT2D eigenvalue weighted by atomic mass is 79.9. The van der Waals surface area contributed by atoms with Gasteiger partial charge in [-0.15, -0.1) is 11.6 Å². The molecule has 2 aromatic rings. The third kappa shape index (κ3) is 1.71. The van der Waals surface area contributed by atoms with Gasteiger partial charge in [0.1, 0.15) is 0 Å². The quantitative estimate of drug-likeness (QED) is 0.758. The molecule has 2 nitrogen and oxygen atoms in total. The molecular weight excluding hydrogens is 251 g/mol. The highest BCUT2D eigenvalue weighted by molar-refractivity contribution is 9.10. The van der Waals surface area contributed by atoms with E-state index in [-0.39, 0.29) is 0 Å². The summed E-state index contributed by atoms with van der Waals surface area (Å²) in [4.78, 5) is 4.27. The lowest BCUT2D eigenvalue weighted by molar-refractivity contribution is 0.793. The number of aromatic nitrogens is 2. The van der Waals surface area contributed by atoms with Gasteiger partial charge in [0, 0.05) is 16.9 Å². The van der Waals surface area contributed by atoms with Crippen LogP contribution >= 0.6 is 27.5 Å². The second-order valence-electron chi connectivity index (χ2n) is 2.76. The molecule has 0 spiro atoms. The van der Waals surface area contributed by atoms with Crippen LogP contribution in [0.4, 0.5) is 0 Å². The molecule has 0 N–H and O–H groups in total. The van der Waals surface area contributed by atoms with Crippen molar-refractivity contribution in [2.45, 2.75) is 6.54 Å². The van der Waals surface area contributed by atoms with Gasteiger partial charge in [0.15, 0.2) is 0 Å². The summed E-state index contributed by atoms with van der Waals surface area (Å²) in [7, 11) is 0. The largest absolute Gasteiger partial charge is 0.329 e. The minimum Gasteiger partial charge on any atom is -0.329 e. The summed E-state index contributed by atoms with van der Waals surface area (Å²) in [5, 5.41) is 0. The fourth-order valence-corrected chi connectivity index (χ4v) is 1.84. The van der Waals surface area contributed by atoms with Gasteiger partial charge >= 0.3 is 0 Å². The molecule has 1 aromatic heterocycles. The Bertz CT molecular complexity index is 424. The maximum absolute atomic E-state index is 5.67. The molecule has 0 amide bonds. The number of fused-ring (bicyclic) bond motifs is 1. The molecule has 1 heterocycles. The van der Waals surface area contributed by atoms with E-state index >= 15 is 0 Å². The predicted molar refractivity (Wildman–Crippen MR) is 58.2 cm³/mol. The standard InChI is InChI=1S/C9H8BrClN2/c10-7-1-2-9-8(5-7)12-6-13(9)4-3-11/h1-2,5-6H,3-4H2. The van der Waals surface area contributed by atoms with Crippen LogP contribution in [0.15, 0.2) is 29.0 Å². The monoisotopic (exact) mass is 258 g/mol. The van der Waals surface area contributed by atoms with E-state index in [1.165, 1.54) is 0 Å². The van der Waals surface area contributed by atoms with Gasteiger partial charge in [-0.25, -0.2) is 4.98 Å². The first kappa shape index (κ1) is 9.03. The molecule has 4 heteroatoms. The van der Waals surface area contributed by atoms with Crippen molar-refractivity contribution in [2.75, 3.05) is 5.88 Å². The Morgan fingerprint density at radius 1 is 1.46 bits per heavy atom. The summed E-state index contributed by atoms with van der Waals surface area (Å²) >= 11 is 9.07. The number of hydrogen-bond acceptors (Lipinski definition) is 1. The molecule has 0 aliphatic heterocycles. The van der Waals surface area contributed by atoms with Crippen molar-refractivity contribution in [2.24, 2.45) is 0 Å². The normalized spacial score (nSPS) is 10.9. The van der Waals surface area contributed by atoms with Crippen LogP contribution < -0.4 is 0 Å². The number of halogens is 2. The van der Waals surface area contributed by atoms with Gasteiger partial charge in [0.2, 0.25) is 0 Å². The average Bonchev–Trinajstić information content (AvgIpc) is 2.49. The zero-order valence-electron chi connectivity index (χ0n) is 6.87. The minimum absolute atomic E-state index is 0.613. The van der Waals surface area contributed by atoms with Gasteiger partial charge in [-0.1, -0.05) is 15.9 Å². The van der Waals surface area contributed by atoms with Gasteiger partial charge in [-0.2, -0.15) is 0 Å². The molecule has 0 fully saturated rings. The van der Waals surface area contributed by atoms with Crippen LogP contribution in [0.25, 0.3) is 11.0 Å². The lowest BCUT2D eigenvalue weighted by Gasteiger charge is -1.99. The van der Waals surface area contributed by atoms with Crippen molar-refractivity contribution in [3.8, 4) is 0 Å². The highest BCUT2D eigenvalue weighted by Gasteiger charge is 2.01. The SMILES string of the molecule is ClCCn1cnc2cc(Br)ccc21. The van der Waals surface area contributed by atoms with Crippen molar-refractivity contribution in [1.29, 1.82) is 0 Å². The smallest absolute Gasteiger partial charge is 0.0958 e. The van der Waals surface area contributed by atoms with Crippen molar-refractivity contribution in [3.63, 3.8) is 0 Å². The van der Waals surface area contributed by atoms with Crippen LogP contribution in [0.3, 0.4) is 0 Å². The fraction of sp³-hybridized carbons (Fsp3) is 0.222. The first-order chi connectivity index (χ1) is 6.31. The van der Waals surface area contributed by atoms with E-state index in [2.05, 4.69) is 25.5 Å². The Morgan fingerprint density at radius 2 is 2.31 bits per heavy atom. The molecule has 0 aliphatic carbocycles. The zero-order chi connectivity index (χ0) is 9.26. The lowest BCUT2D eigenvalue weighted by atomic mass is 10.3. The molecule has 0 bridgehead atoms. The van der Waals surface area contributed by atoms with Gasteiger partial charge in [0.25, 0.3) is 0 Å². The maximum Gasteiger partial charge on any atom is 0.0958 e. The molecule has 13 heavy (non-hydrogen) atoms. The Morgan fingerprint density at radius 3 is 3.08 bits per heavy atom. The van der Waals surface area contributed by atoms with Gasteiger partial charge in [-0.05, 0) is 18.2 Å². The molecule has 2 rings (SSSR count). The summed E-state index contributed by atoms with van der Waals surface area (Å²) < 4.78 is 3.10. The van der Waals surface area contributed by atoms with Crippen LogP contribution in [0, 0.1) is 0 Å². The Balaban J connectivity index is 2.55. The average molecular weight is 260 g/mol. The molecule has 68 valence electrons. The molecule has 0 radical (unpaired) electrons. The van der Waals surface area contributed by atoms with E-state index in [1.54, 1.807) is 0 Å². The summed E-state index contributed by atoms with van der Waals surface area (Å²) in [5.74, 6) is 0.613. The number of aryl methyl sites for hydroxylation is 1. The number of rotatable bonds is 2. The number of benzene rings is 1. The molecule has 0 atom stereocenters. The molecule has 1 aromatic carbocycles. The molecule has 0 unspecified atom stereocenters. The molecule has 0 saturated carbocycles. The first-order valence-corrected chi connectivity index (χ1v) is 5.30. The Kier molecular flexibility index (Phi) is 2.56. The van der Waals surface area contributed by atoms with Crippen LogP contribution in [-0.2, 0) is 6.54 Å². The van der Waals surface area contributed by atoms with Crippen molar-refractivity contribution < 1.29 is 0 Å². The molecular formula is C9H8BrClN2. The minimum atomic E-state index is 0.613. The van der Waals surface area contributed by atoms with E-state index in [4.69, 9.17) is 11.6 Å². The number of imidazole rings is 1. The lowest BCUT2D eigenvalue weighted by Crippen LogP contribution is -1.96. The van der Waals surface area contributed by atoms with Gasteiger partial charge < -0.3 is 4.57 Å². The van der Waals surface area contributed by atoms with E-state index in [0.29, 0.717) is 5.88 Å². The predicted octanol–water partition coefficient (Wildman–Crippen LogP) is 3.04. The van der Waals surface area contributed by atoms with Crippen LogP contribution in [0.2, 0.25) is 0 Å². The van der Waals surface area contributed by atoms with E-state index in [1.807, 2.05) is 24.5 Å². The number of hydrogen-bond donors (Lipinski definition) is 0. The van der Waals surface area contributed by atoms with Crippen molar-refractivity contribution in [3.05, 3.63) is 29.0 Å². The summed E-state index contributed by atoms with van der Waals surface area (Å²) in [6.45, 7) is 0.805. The summed E-state index contributed by atoms with van der Waals surface area (Å²) in [6.07, 6.45) is 1.82. The second kappa shape index (κ2) is 3.68. The third-order valence-electron chi connectivity index (χ3n) is 1.91. The highest BCUT2D eigenvalue weighted by Crippen LogP contribution is 2.18. The van der Waals surface area contributed by atoms with Crippen molar-refractivity contribution in [1.82, 2.24) is 9.55 Å². The van der Waals surface area contributed by atoms with Crippen LogP contribution in [0.1, 0.15) is 0 Å². The van der Waals surface area contributed by atoms with E-state index in [9.17, 15) is 0 Å². The van der Waals surface area contributed by atoms with Crippen LogP contribution in [0.5, 0.6) is 0 Å². The zero-order valence-corrected chi connectivity index (χ0v) is 9.22. The fourth-order valence-electron chi connectivity index (χ4n) is 1.31. The third-order valence-corrected chi connectivity index (χ3v) is 2.57. The number of alkyl halides is 1. The summed E-state index contributed by atoms with van der Waals surface area (Å²) in [5.41, 5.74) is 2.13. The number of nitrogens with zero attached hydrogens (tertiary/aromatic N) is 2. The topological polar surface area (TPSA) is 17.8 Å². The molecule has 0 aliphatic rings. The first-order valence-electron chi connectivity index (χ1n) is 3.97. The maximum atomic E-state index is 5.67. The Labute approximate surface area is 89.7 Å². The van der Waals surface area contributed by atoms with Gasteiger partial charge in [0.05, 0.1) is 17.4 Å². The second-order valence-corrected chi connectivity index (χ2v) is 4.05. The summed E-state index contributed by atoms with van der Waals surface area (Å²) in [6, 6.07) is 6.05. The van der Waals surface area contributed by atoms with Gasteiger partial charge in [-0.3, -0.25) is 0 Å². The Hall–Kier alpha value is -0.540. The van der Waals surface area contributed by atoms with E-state index < -0.39 is 0 Å². The van der Waals surface area contributed by atoms with Crippen molar-refractivity contribution >= 4 is 38.6 Å². The van der Waals surface area contributed by atoms with E-state index in [0.717, 1.165) is 22.1 Å². The molecule has 0 saturated heterocycles. The van der Waals surface area contributed by atoms with Crippen LogP contribution in [-0.4, -0.2) is 15.4 Å².